The summed E-state index contributed by atoms with van der Waals surface area (Å²) < 4.78 is 0. The van der Waals surface area contributed by atoms with Crippen LogP contribution in [0.5, 0.6) is 0 Å². The van der Waals surface area contributed by atoms with E-state index in [1.54, 1.807) is 19.2 Å². The zero-order chi connectivity index (χ0) is 16.9. The highest BCUT2D eigenvalue weighted by molar-refractivity contribution is 5.95. The van der Waals surface area contributed by atoms with Gasteiger partial charge in [0.2, 0.25) is 0 Å². The van der Waals surface area contributed by atoms with E-state index in [0.717, 1.165) is 18.4 Å². The molecule has 1 fully saturated rings. The molecule has 0 bridgehead atoms. The van der Waals surface area contributed by atoms with Crippen LogP contribution in [0.15, 0.2) is 36.7 Å². The molecular formula is C17H19N5O2. The number of benzene rings is 1. The number of hydrogen-bond donors (Lipinski definition) is 3. The second-order valence-corrected chi connectivity index (χ2v) is 5.67. The average molecular weight is 325 g/mol. The fraction of sp³-hybridized carbons (Fsp3) is 0.294. The molecule has 1 aliphatic rings. The average Bonchev–Trinajstić information content (AvgIpc) is 3.44. The van der Waals surface area contributed by atoms with Gasteiger partial charge in [0.05, 0.1) is 12.4 Å². The lowest BCUT2D eigenvalue weighted by Crippen LogP contribution is -2.26. The highest BCUT2D eigenvalue weighted by Gasteiger charge is 2.23. The Bertz CT molecular complexity index is 741. The van der Waals surface area contributed by atoms with Gasteiger partial charge in [-0.05, 0) is 30.5 Å². The number of amides is 2. The van der Waals surface area contributed by atoms with E-state index in [9.17, 15) is 9.59 Å². The topological polar surface area (TPSA) is 96.0 Å². The molecule has 0 saturated heterocycles. The van der Waals surface area contributed by atoms with E-state index in [1.165, 1.54) is 12.4 Å². The largest absolute Gasteiger partial charge is 0.372 e. The first kappa shape index (κ1) is 15.9. The Morgan fingerprint density at radius 2 is 2.00 bits per heavy atom. The Morgan fingerprint density at radius 3 is 2.67 bits per heavy atom. The van der Waals surface area contributed by atoms with Crippen molar-refractivity contribution in [1.29, 1.82) is 0 Å². The zero-order valence-electron chi connectivity index (χ0n) is 13.4. The number of nitrogens with zero attached hydrogens (tertiary/aromatic N) is 2. The fourth-order valence-electron chi connectivity index (χ4n) is 2.17. The van der Waals surface area contributed by atoms with Gasteiger partial charge in [-0.3, -0.25) is 9.59 Å². The minimum absolute atomic E-state index is 0.0702. The summed E-state index contributed by atoms with van der Waals surface area (Å²) >= 11 is 0. The third-order valence-electron chi connectivity index (χ3n) is 3.70. The molecule has 2 aromatic rings. The summed E-state index contributed by atoms with van der Waals surface area (Å²) in [5.41, 5.74) is 1.70. The first-order chi connectivity index (χ1) is 11.7. The predicted octanol–water partition coefficient (Wildman–Crippen LogP) is 1.34. The maximum atomic E-state index is 12.1. The molecule has 0 radical (unpaired) electrons. The second kappa shape index (κ2) is 7.08. The molecule has 7 nitrogen and oxygen atoms in total. The normalized spacial score (nSPS) is 13.2. The predicted molar refractivity (Wildman–Crippen MR) is 89.7 cm³/mol. The van der Waals surface area contributed by atoms with Crippen molar-refractivity contribution < 1.29 is 9.59 Å². The molecule has 0 aliphatic heterocycles. The maximum absolute atomic E-state index is 12.1. The first-order valence-corrected chi connectivity index (χ1v) is 7.83. The Morgan fingerprint density at radius 1 is 1.17 bits per heavy atom. The first-order valence-electron chi connectivity index (χ1n) is 7.83. The Labute approximate surface area is 139 Å². The van der Waals surface area contributed by atoms with Crippen LogP contribution < -0.4 is 16.0 Å². The summed E-state index contributed by atoms with van der Waals surface area (Å²) in [6.07, 6.45) is 5.02. The molecule has 3 N–H and O–H groups in total. The van der Waals surface area contributed by atoms with Crippen LogP contribution in [0.25, 0.3) is 0 Å². The number of carbonyl (C=O) groups excluding carboxylic acids is 2. The summed E-state index contributed by atoms with van der Waals surface area (Å²) in [5, 5.41) is 8.57. The lowest BCUT2D eigenvalue weighted by atomic mass is 10.1. The number of anilines is 1. The van der Waals surface area contributed by atoms with Crippen molar-refractivity contribution in [2.24, 2.45) is 0 Å². The van der Waals surface area contributed by atoms with Crippen molar-refractivity contribution in [3.63, 3.8) is 0 Å². The third kappa shape index (κ3) is 4.07. The van der Waals surface area contributed by atoms with Gasteiger partial charge < -0.3 is 16.0 Å². The molecule has 1 aliphatic carbocycles. The van der Waals surface area contributed by atoms with Gasteiger partial charge >= 0.3 is 0 Å². The monoisotopic (exact) mass is 325 g/mol. The number of carbonyl (C=O) groups is 2. The van der Waals surface area contributed by atoms with E-state index in [4.69, 9.17) is 0 Å². The van der Waals surface area contributed by atoms with Crippen LogP contribution in [0.4, 0.5) is 5.82 Å². The SMILES string of the molecule is CNc1cnc(C(=O)NCc2cccc(C(=O)NC3CC3)c2)cn1. The molecule has 1 saturated carbocycles. The Hall–Kier alpha value is -2.96. The van der Waals surface area contributed by atoms with E-state index >= 15 is 0 Å². The van der Waals surface area contributed by atoms with Crippen LogP contribution >= 0.6 is 0 Å². The molecule has 124 valence electrons. The Kier molecular flexibility index (Phi) is 4.69. The standard InChI is InChI=1S/C17H19N5O2/c1-18-15-10-19-14(9-20-15)17(24)21-8-11-3-2-4-12(7-11)16(23)22-13-5-6-13/h2-4,7,9-10,13H,5-6,8H2,1H3,(H,18,20)(H,21,24)(H,22,23). The molecule has 0 spiro atoms. The molecule has 1 aromatic heterocycles. The summed E-state index contributed by atoms with van der Waals surface area (Å²) in [6, 6.07) is 7.55. The quantitative estimate of drug-likeness (QED) is 0.745. The third-order valence-corrected chi connectivity index (χ3v) is 3.70. The van der Waals surface area contributed by atoms with Crippen molar-refractivity contribution in [2.75, 3.05) is 12.4 Å². The summed E-state index contributed by atoms with van der Waals surface area (Å²) in [6.45, 7) is 0.318. The lowest BCUT2D eigenvalue weighted by Gasteiger charge is -2.08. The van der Waals surface area contributed by atoms with Crippen LogP contribution in [0, 0.1) is 0 Å². The van der Waals surface area contributed by atoms with Crippen molar-refractivity contribution in [2.45, 2.75) is 25.4 Å². The van der Waals surface area contributed by atoms with Crippen molar-refractivity contribution in [3.05, 3.63) is 53.5 Å². The minimum atomic E-state index is -0.307. The van der Waals surface area contributed by atoms with Crippen molar-refractivity contribution in [3.8, 4) is 0 Å². The van der Waals surface area contributed by atoms with E-state index in [0.29, 0.717) is 24.0 Å². The zero-order valence-corrected chi connectivity index (χ0v) is 13.4. The smallest absolute Gasteiger partial charge is 0.271 e. The highest BCUT2D eigenvalue weighted by atomic mass is 16.2. The van der Waals surface area contributed by atoms with E-state index in [1.807, 2.05) is 12.1 Å². The van der Waals surface area contributed by atoms with Crippen LogP contribution in [0.1, 0.15) is 39.3 Å². The fourth-order valence-corrected chi connectivity index (χ4v) is 2.17. The van der Waals surface area contributed by atoms with Crippen molar-refractivity contribution in [1.82, 2.24) is 20.6 Å². The van der Waals surface area contributed by atoms with Crippen LogP contribution in [-0.4, -0.2) is 34.9 Å². The van der Waals surface area contributed by atoms with Gasteiger partial charge in [0.15, 0.2) is 0 Å². The molecule has 1 aromatic carbocycles. The van der Waals surface area contributed by atoms with Crippen LogP contribution in [-0.2, 0) is 6.54 Å². The number of nitrogens with one attached hydrogen (secondary N) is 3. The molecule has 0 unspecified atom stereocenters. The van der Waals surface area contributed by atoms with E-state index in [2.05, 4.69) is 25.9 Å². The minimum Gasteiger partial charge on any atom is -0.372 e. The van der Waals surface area contributed by atoms with Crippen LogP contribution in [0.3, 0.4) is 0 Å². The van der Waals surface area contributed by atoms with Gasteiger partial charge in [-0.1, -0.05) is 12.1 Å². The number of rotatable bonds is 6. The summed E-state index contributed by atoms with van der Waals surface area (Å²) in [4.78, 5) is 32.2. The Balaban J connectivity index is 1.58. The van der Waals surface area contributed by atoms with Gasteiger partial charge in [-0.2, -0.15) is 0 Å². The molecule has 1 heterocycles. The number of hydrogen-bond acceptors (Lipinski definition) is 5. The molecule has 3 rings (SSSR count). The van der Waals surface area contributed by atoms with Gasteiger partial charge in [-0.25, -0.2) is 9.97 Å². The van der Waals surface area contributed by atoms with Gasteiger partial charge in [-0.15, -0.1) is 0 Å². The summed E-state index contributed by atoms with van der Waals surface area (Å²) in [5.74, 6) is 0.220. The highest BCUT2D eigenvalue weighted by Crippen LogP contribution is 2.19. The molecule has 24 heavy (non-hydrogen) atoms. The van der Waals surface area contributed by atoms with E-state index in [-0.39, 0.29) is 17.5 Å². The summed E-state index contributed by atoms with van der Waals surface area (Å²) in [7, 11) is 1.73. The van der Waals surface area contributed by atoms with Crippen LogP contribution in [0.2, 0.25) is 0 Å². The van der Waals surface area contributed by atoms with Gasteiger partial charge in [0, 0.05) is 25.2 Å². The van der Waals surface area contributed by atoms with Crippen molar-refractivity contribution >= 4 is 17.6 Å². The maximum Gasteiger partial charge on any atom is 0.271 e. The number of aromatic nitrogens is 2. The lowest BCUT2D eigenvalue weighted by molar-refractivity contribution is 0.0941. The van der Waals surface area contributed by atoms with E-state index < -0.39 is 0 Å². The molecule has 7 heteroatoms. The molecule has 0 atom stereocenters. The molecule has 2 amide bonds. The molecular weight excluding hydrogens is 306 g/mol. The van der Waals surface area contributed by atoms with Gasteiger partial charge in [0.1, 0.15) is 11.5 Å². The van der Waals surface area contributed by atoms with Gasteiger partial charge in [0.25, 0.3) is 11.8 Å². The second-order valence-electron chi connectivity index (χ2n) is 5.67.